The van der Waals surface area contributed by atoms with Crippen LogP contribution in [0.25, 0.3) is 0 Å². The van der Waals surface area contributed by atoms with Crippen LogP contribution in [0, 0.1) is 11.8 Å². The van der Waals surface area contributed by atoms with Gasteiger partial charge in [-0.1, -0.05) is 80.7 Å². The van der Waals surface area contributed by atoms with Crippen LogP contribution < -0.4 is 15.1 Å². The number of amides is 2. The number of fused-ring (bicyclic) bond motifs is 4. The van der Waals surface area contributed by atoms with Crippen LogP contribution in [0.2, 0.25) is 0 Å². The molecular weight excluding hydrogens is 953 g/mol. The lowest BCUT2D eigenvalue weighted by Gasteiger charge is -2.27. The predicted molar refractivity (Wildman–Crippen MR) is 269 cm³/mol. The first-order chi connectivity index (χ1) is 33.0. The molecule has 0 aromatic heterocycles. The molecular formula is C52H57N4O11S3+. The molecule has 15 nitrogen and oxygen atoms in total. The van der Waals surface area contributed by atoms with E-state index >= 15 is 0 Å². The van der Waals surface area contributed by atoms with Crippen molar-refractivity contribution in [2.24, 2.45) is 0 Å². The summed E-state index contributed by atoms with van der Waals surface area (Å²) in [4.78, 5) is 29.9. The Kier molecular flexibility index (Phi) is 15.2. The molecule has 0 spiro atoms. The minimum absolute atomic E-state index is 0.0796. The van der Waals surface area contributed by atoms with E-state index in [2.05, 4.69) is 22.1 Å². The van der Waals surface area contributed by atoms with Gasteiger partial charge < -0.3 is 15.1 Å². The van der Waals surface area contributed by atoms with Crippen molar-refractivity contribution in [1.82, 2.24) is 5.32 Å². The van der Waals surface area contributed by atoms with E-state index in [-0.39, 0.29) is 54.0 Å². The molecule has 0 atom stereocenters. The summed E-state index contributed by atoms with van der Waals surface area (Å²) in [6.45, 7) is 8.96. The highest BCUT2D eigenvalue weighted by atomic mass is 32.2. The number of benzene rings is 4. The molecule has 0 bridgehead atoms. The van der Waals surface area contributed by atoms with Gasteiger partial charge in [-0.2, -0.15) is 29.8 Å². The molecule has 0 fully saturated rings. The molecule has 368 valence electrons. The number of allylic oxidation sites excluding steroid dienone is 6. The zero-order chi connectivity index (χ0) is 50.6. The summed E-state index contributed by atoms with van der Waals surface area (Å²) in [6, 6.07) is 24.0. The molecule has 0 unspecified atom stereocenters. The van der Waals surface area contributed by atoms with Crippen LogP contribution in [0.4, 0.5) is 17.1 Å². The molecule has 3 heterocycles. The fourth-order valence-electron chi connectivity index (χ4n) is 9.35. The monoisotopic (exact) mass is 1010 g/mol. The predicted octanol–water partition coefficient (Wildman–Crippen LogP) is 7.64. The third kappa shape index (κ3) is 11.7. The Morgan fingerprint density at radius 1 is 0.714 bits per heavy atom. The largest absolute Gasteiger partial charge is 0.356 e. The van der Waals surface area contributed by atoms with Gasteiger partial charge in [0.25, 0.3) is 30.4 Å². The maximum Gasteiger partial charge on any atom is 0.294 e. The molecule has 0 radical (unpaired) electrons. The van der Waals surface area contributed by atoms with E-state index in [1.165, 1.54) is 24.3 Å². The number of anilines is 2. The Hall–Kier alpha value is -6.20. The lowest BCUT2D eigenvalue weighted by molar-refractivity contribution is -0.437. The SMILES string of the molecule is CC1(C)C(/C=C/C=C/C=C2/N(CCCCCC(=O)NCCC(=O)N3Cc4ccccc4C#Cc4ccccc43)c3ccc(S(=O)(=O)O)cc3C2(C)C)=[N+](CCCS(=O)(=O)O)c2ccc(S(=O)(=O)O)cc21. The van der Waals surface area contributed by atoms with Crippen molar-refractivity contribution in [3.63, 3.8) is 0 Å². The zero-order valence-electron chi connectivity index (χ0n) is 39.4. The van der Waals surface area contributed by atoms with Gasteiger partial charge in [0.15, 0.2) is 5.71 Å². The van der Waals surface area contributed by atoms with E-state index in [1.54, 1.807) is 29.2 Å². The van der Waals surface area contributed by atoms with Gasteiger partial charge in [-0.3, -0.25) is 23.2 Å². The van der Waals surface area contributed by atoms with Crippen molar-refractivity contribution in [1.29, 1.82) is 0 Å². The van der Waals surface area contributed by atoms with Crippen LogP contribution >= 0.6 is 0 Å². The van der Waals surface area contributed by atoms with E-state index in [0.29, 0.717) is 54.9 Å². The first-order valence-corrected chi connectivity index (χ1v) is 27.4. The highest BCUT2D eigenvalue weighted by molar-refractivity contribution is 7.86. The van der Waals surface area contributed by atoms with E-state index < -0.39 is 46.9 Å². The number of para-hydroxylation sites is 1. The van der Waals surface area contributed by atoms with E-state index in [4.69, 9.17) is 0 Å². The summed E-state index contributed by atoms with van der Waals surface area (Å²) in [7, 11) is -13.2. The van der Waals surface area contributed by atoms with Crippen molar-refractivity contribution in [3.8, 4) is 11.8 Å². The normalized spacial score (nSPS) is 16.6. The number of nitrogens with one attached hydrogen (secondary N) is 1. The first-order valence-electron chi connectivity index (χ1n) is 22.9. The Morgan fingerprint density at radius 2 is 1.37 bits per heavy atom. The second-order valence-electron chi connectivity index (χ2n) is 18.5. The molecule has 4 aromatic rings. The minimum Gasteiger partial charge on any atom is -0.356 e. The molecule has 3 aliphatic heterocycles. The van der Waals surface area contributed by atoms with E-state index in [9.17, 15) is 48.5 Å². The highest BCUT2D eigenvalue weighted by Crippen LogP contribution is 2.49. The van der Waals surface area contributed by atoms with Crippen molar-refractivity contribution < 1.29 is 53.1 Å². The number of carbonyl (C=O) groups is 2. The number of carbonyl (C=O) groups excluding carboxylic acids is 2. The minimum atomic E-state index is -4.51. The van der Waals surface area contributed by atoms with E-state index in [1.807, 2.05) is 99.0 Å². The molecule has 0 saturated carbocycles. The van der Waals surface area contributed by atoms with Gasteiger partial charge in [0, 0.05) is 78.0 Å². The molecule has 0 saturated heterocycles. The van der Waals surface area contributed by atoms with Gasteiger partial charge in [-0.15, -0.1) is 0 Å². The molecule has 70 heavy (non-hydrogen) atoms. The molecule has 18 heteroatoms. The van der Waals surface area contributed by atoms with Crippen molar-refractivity contribution >= 4 is 64.9 Å². The number of rotatable bonds is 18. The fourth-order valence-corrected chi connectivity index (χ4v) is 10.9. The Bertz CT molecular complexity index is 3270. The number of hydrogen-bond donors (Lipinski definition) is 4. The average molecular weight is 1010 g/mol. The smallest absolute Gasteiger partial charge is 0.294 e. The van der Waals surface area contributed by atoms with Gasteiger partial charge in [0.05, 0.1) is 33.2 Å². The lowest BCUT2D eigenvalue weighted by atomic mass is 9.81. The Balaban J connectivity index is 1.01. The van der Waals surface area contributed by atoms with Crippen molar-refractivity contribution in [3.05, 3.63) is 149 Å². The standard InChI is InChI=1S/C52H56N4O11S3/c1-51(2)42-34-40(69(62,63)64)25-27-45(42)54(31-14-6-9-22-49(57)53-30-29-50(58)56-36-39-18-11-10-16-37(39)23-24-38-17-12-13-19-44(38)56)47(51)20-7-5-8-21-48-52(3,4)43-35-41(70(65,66)67)26-28-46(43)55(48)32-15-33-68(59,60)61/h5,7-8,10-13,16-21,25-28,34-35H,6,9,14-15,22,29-33,36H2,1-4H3,(H3-,53,57,59,60,61,62,63,64,65,66,67)/p+1. The van der Waals surface area contributed by atoms with Crippen LogP contribution in [0.1, 0.15) is 94.0 Å². The quantitative estimate of drug-likeness (QED) is 0.0249. The van der Waals surface area contributed by atoms with Crippen LogP contribution in [-0.2, 0) is 57.3 Å². The summed E-state index contributed by atoms with van der Waals surface area (Å²) in [6.07, 6.45) is 11.6. The topological polar surface area (TPSA) is 219 Å². The number of unbranched alkanes of at least 4 members (excludes halogenated alkanes) is 2. The van der Waals surface area contributed by atoms with Gasteiger partial charge in [-0.05, 0) is 92.4 Å². The summed E-state index contributed by atoms with van der Waals surface area (Å²) in [5.41, 5.74) is 6.10. The molecule has 4 aromatic carbocycles. The third-order valence-corrected chi connectivity index (χ3v) is 15.5. The zero-order valence-corrected chi connectivity index (χ0v) is 41.9. The average Bonchev–Trinajstić information content (AvgIpc) is 3.63. The summed E-state index contributed by atoms with van der Waals surface area (Å²) >= 11 is 0. The van der Waals surface area contributed by atoms with E-state index in [0.717, 1.165) is 33.8 Å². The van der Waals surface area contributed by atoms with Gasteiger partial charge in [0.2, 0.25) is 17.5 Å². The van der Waals surface area contributed by atoms with Crippen LogP contribution in [0.5, 0.6) is 0 Å². The number of nitrogens with zero attached hydrogens (tertiary/aromatic N) is 3. The molecule has 2 amide bonds. The molecule has 0 aliphatic carbocycles. The molecule has 3 aliphatic rings. The summed E-state index contributed by atoms with van der Waals surface area (Å²) in [5, 5.41) is 2.91. The fraction of sp³-hybridized carbons (Fsp3) is 0.327. The van der Waals surface area contributed by atoms with Crippen molar-refractivity contribution in [2.45, 2.75) is 93.4 Å². The second-order valence-corrected chi connectivity index (χ2v) is 22.9. The van der Waals surface area contributed by atoms with Gasteiger partial charge >= 0.3 is 0 Å². The van der Waals surface area contributed by atoms with Crippen molar-refractivity contribution in [2.75, 3.05) is 35.2 Å². The highest BCUT2D eigenvalue weighted by Gasteiger charge is 2.45. The van der Waals surface area contributed by atoms with Gasteiger partial charge in [-0.25, -0.2) is 0 Å². The second kappa shape index (κ2) is 20.6. The molecule has 4 N–H and O–H groups in total. The van der Waals surface area contributed by atoms with Crippen LogP contribution in [0.15, 0.2) is 131 Å². The summed E-state index contributed by atoms with van der Waals surface area (Å²) in [5.74, 6) is 5.65. The van der Waals surface area contributed by atoms with Crippen LogP contribution in [-0.4, -0.2) is 86.4 Å². The van der Waals surface area contributed by atoms with Gasteiger partial charge in [0.1, 0.15) is 6.54 Å². The first kappa shape index (κ1) is 51.6. The lowest BCUT2D eigenvalue weighted by Crippen LogP contribution is -2.35. The maximum absolute atomic E-state index is 13.6. The molecule has 7 rings (SSSR count). The third-order valence-electron chi connectivity index (χ3n) is 13.0. The maximum atomic E-state index is 13.6. The summed E-state index contributed by atoms with van der Waals surface area (Å²) < 4.78 is 103. The Morgan fingerprint density at radius 3 is 2.09 bits per heavy atom. The Labute approximate surface area is 410 Å². The number of hydrogen-bond acceptors (Lipinski definition) is 9. The van der Waals surface area contributed by atoms with Crippen LogP contribution in [0.3, 0.4) is 0 Å².